The summed E-state index contributed by atoms with van der Waals surface area (Å²) in [7, 11) is -2.31. The molecule has 0 N–H and O–H groups in total. The Hall–Kier alpha value is 2.68. The van der Waals surface area contributed by atoms with E-state index in [1.165, 1.54) is 0 Å². The third-order valence-electron chi connectivity index (χ3n) is 0.105. The molecule has 0 rings (SSSR count). The zero-order valence-corrected chi connectivity index (χ0v) is 14.3. The first-order chi connectivity index (χ1) is 2.27. The van der Waals surface area contributed by atoms with Crippen LogP contribution in [0.4, 0.5) is 0 Å². The minimum absolute atomic E-state index is 0. The van der Waals surface area contributed by atoms with Crippen molar-refractivity contribution in [3.8, 4) is 5.97 Å². The van der Waals surface area contributed by atoms with Crippen LogP contribution >= 0.6 is 0 Å². The molecule has 0 aliphatic carbocycles. The molecule has 0 amide bonds. The topological polar surface area (TPSA) is 69.9 Å². The van der Waals surface area contributed by atoms with Crippen LogP contribution in [0, 0.1) is 11.2 Å². The third kappa shape index (κ3) is 45.7. The van der Waals surface area contributed by atoms with E-state index in [1.54, 1.807) is 0 Å². The molecule has 0 atom stereocenters. The Morgan fingerprint density at radius 3 is 1.20 bits per heavy atom. The normalized spacial score (nSPS) is 2.90. The van der Waals surface area contributed by atoms with Crippen LogP contribution in [0.3, 0.4) is 0 Å². The van der Waals surface area contributed by atoms with Gasteiger partial charge in [0.25, 0.3) is 0 Å². The van der Waals surface area contributed by atoms with Gasteiger partial charge in [-0.15, -0.1) is 0 Å². The first-order valence-corrected chi connectivity index (χ1v) is 0.984. The van der Waals surface area contributed by atoms with Gasteiger partial charge in [0.2, 0.25) is 0 Å². The quantitative estimate of drug-likeness (QED) is 0.401. The summed E-state index contributed by atoms with van der Waals surface area (Å²) in [6.07, 6.45) is 0. The minimum Gasteiger partial charge on any atom is -1.00 e. The molecular weight excluding hydrogens is 251 g/mol. The molecule has 0 aromatic rings. The van der Waals surface area contributed by atoms with E-state index in [1.807, 2.05) is 0 Å². The maximum atomic E-state index is 8.98. The van der Waals surface area contributed by atoms with Gasteiger partial charge in [0.05, 0.1) is 0 Å². The van der Waals surface area contributed by atoms with Crippen molar-refractivity contribution in [2.45, 2.75) is 0 Å². The Morgan fingerprint density at radius 1 is 1.10 bits per heavy atom. The predicted octanol–water partition coefficient (Wildman–Crippen LogP) is -14.7. The summed E-state index contributed by atoms with van der Waals surface area (Å²) in [6, 6.07) is 0. The monoisotopic (exact) mass is 249 g/mol. The number of nitrogens with zero attached hydrogens (tertiary/aromatic N) is 1. The fourth-order valence-electron chi connectivity index (χ4n) is 0. The Bertz CT molecular complexity index is 72.8. The predicted molar refractivity (Wildman–Crippen MR) is 11.4 cm³/mol. The van der Waals surface area contributed by atoms with Gasteiger partial charge in [-0.2, -0.15) is 0 Å². The van der Waals surface area contributed by atoms with Gasteiger partial charge in [-0.05, 0) is 5.97 Å². The molecule has 0 aromatic carbocycles. The van der Waals surface area contributed by atoms with E-state index in [2.05, 4.69) is 0 Å². The average Bonchev–Trinajstić information content (AvgIpc) is 1.38. The van der Waals surface area contributed by atoms with Crippen LogP contribution < -0.4 is 94.0 Å². The number of hydrogen-bond acceptors (Lipinski definition) is 3. The molecule has 0 fully saturated rings. The largest absolute Gasteiger partial charge is 2.00 e. The van der Waals surface area contributed by atoms with Crippen LogP contribution in [0.25, 0.3) is 0 Å². The van der Waals surface area contributed by atoms with Crippen molar-refractivity contribution >= 4 is 7.12 Å². The number of nitriles is 1. The molecule has 0 heterocycles. The Morgan fingerprint density at radius 2 is 1.20 bits per heavy atom. The van der Waals surface area contributed by atoms with Crippen LogP contribution in [0.15, 0.2) is 0 Å². The molecule has 0 spiro atoms. The molecule has 0 aliphatic heterocycles. The fraction of sp³-hybridized carbons (Fsp3) is 0. The maximum absolute atomic E-state index is 8.98. The molecule has 0 saturated heterocycles. The molecule has 9 heteroatoms. The van der Waals surface area contributed by atoms with E-state index in [0.717, 1.165) is 5.97 Å². The molecule has 42 valence electrons. The summed E-state index contributed by atoms with van der Waals surface area (Å²) in [4.78, 5) is 0. The van der Waals surface area contributed by atoms with Crippen LogP contribution in [-0.2, 0) is 19.5 Å². The summed E-state index contributed by atoms with van der Waals surface area (Å²) < 4.78 is 0. The van der Waals surface area contributed by atoms with Crippen LogP contribution in [-0.4, -0.2) is 7.12 Å². The van der Waals surface area contributed by atoms with E-state index >= 15 is 0 Å². The van der Waals surface area contributed by atoms with Crippen LogP contribution in [0.1, 0.15) is 0 Å². The second-order valence-corrected chi connectivity index (χ2v) is 0.461. The molecule has 0 aliphatic rings. The van der Waals surface area contributed by atoms with Gasteiger partial charge in [-0.25, -0.2) is 5.26 Å². The summed E-state index contributed by atoms with van der Waals surface area (Å²) >= 11 is 0. The van der Waals surface area contributed by atoms with Gasteiger partial charge >= 0.3 is 78.6 Å². The van der Waals surface area contributed by atoms with Gasteiger partial charge in [0.1, 0.15) is 0 Å². The minimum atomic E-state index is -2.31. The van der Waals surface area contributed by atoms with E-state index in [-0.39, 0.29) is 103 Å². The standard InChI is InChI=1S/CBNO2.2ClH.2Na.Zn/c3-1-2(4)5;;;;;/h;2*1H;;;/q-2;;;2*+1;+2/p-2. The van der Waals surface area contributed by atoms with Crippen molar-refractivity contribution in [1.29, 1.82) is 5.26 Å². The number of hydrogen-bond donors (Lipinski definition) is 0. The Labute approximate surface area is 130 Å². The zero-order chi connectivity index (χ0) is 4.28. The van der Waals surface area contributed by atoms with Gasteiger partial charge in [0, 0.05) is 7.12 Å². The van der Waals surface area contributed by atoms with Crippen molar-refractivity contribution < 1.29 is 113 Å². The SMILES string of the molecule is N#CB([O-])[O-].[Cl-].[Cl-].[Na+].[Na+].[Zn+2]. The second kappa shape index (κ2) is 29.9. The summed E-state index contributed by atoms with van der Waals surface area (Å²) in [6.45, 7) is 0. The van der Waals surface area contributed by atoms with Crippen LogP contribution in [0.2, 0.25) is 0 Å². The molecule has 0 radical (unpaired) electrons. The fourth-order valence-corrected chi connectivity index (χ4v) is 0. The second-order valence-electron chi connectivity index (χ2n) is 0.461. The van der Waals surface area contributed by atoms with Crippen molar-refractivity contribution in [3.63, 3.8) is 0 Å². The average molecular weight is 251 g/mol. The van der Waals surface area contributed by atoms with Gasteiger partial charge < -0.3 is 34.9 Å². The van der Waals surface area contributed by atoms with E-state index in [4.69, 9.17) is 15.3 Å². The Balaban J connectivity index is -0.00000000800. The van der Waals surface area contributed by atoms with E-state index < -0.39 is 7.12 Å². The first-order valence-electron chi connectivity index (χ1n) is 0.984. The number of halogens is 2. The van der Waals surface area contributed by atoms with Crippen molar-refractivity contribution in [3.05, 3.63) is 0 Å². The van der Waals surface area contributed by atoms with Crippen molar-refractivity contribution in [1.82, 2.24) is 0 Å². The van der Waals surface area contributed by atoms with E-state index in [9.17, 15) is 0 Å². The molecule has 0 aromatic heterocycles. The molecule has 3 nitrogen and oxygen atoms in total. The molecule has 0 saturated carbocycles. The molecule has 0 unspecified atom stereocenters. The molecular formula is CBCl2NNa2O2Zn. The first kappa shape index (κ1) is 38.8. The third-order valence-corrected chi connectivity index (χ3v) is 0.105. The maximum Gasteiger partial charge on any atom is 2.00 e. The van der Waals surface area contributed by atoms with Crippen LogP contribution in [0.5, 0.6) is 0 Å². The van der Waals surface area contributed by atoms with Crippen molar-refractivity contribution in [2.75, 3.05) is 0 Å². The van der Waals surface area contributed by atoms with Crippen molar-refractivity contribution in [2.24, 2.45) is 0 Å². The molecule has 0 bridgehead atoms. The van der Waals surface area contributed by atoms with Gasteiger partial charge in [-0.1, -0.05) is 0 Å². The number of rotatable bonds is 0. The zero-order valence-electron chi connectivity index (χ0n) is 5.80. The summed E-state index contributed by atoms with van der Waals surface area (Å²) in [5.41, 5.74) is 0. The van der Waals surface area contributed by atoms with E-state index in [0.29, 0.717) is 0 Å². The summed E-state index contributed by atoms with van der Waals surface area (Å²) in [5, 5.41) is 25.2. The smallest absolute Gasteiger partial charge is 1.00 e. The summed E-state index contributed by atoms with van der Waals surface area (Å²) in [5.74, 6) is 0.917. The van der Waals surface area contributed by atoms with Gasteiger partial charge in [0.15, 0.2) is 0 Å². The molecule has 10 heavy (non-hydrogen) atoms. The van der Waals surface area contributed by atoms with Gasteiger partial charge in [-0.3, -0.25) is 0 Å². The Kier molecular flexibility index (Phi) is 116.